The molecular weight excluding hydrogens is 250 g/mol. The predicted molar refractivity (Wildman–Crippen MR) is 78.0 cm³/mol. The molecule has 20 heavy (non-hydrogen) atoms. The summed E-state index contributed by atoms with van der Waals surface area (Å²) in [7, 11) is 0. The first-order valence-corrected chi connectivity index (χ1v) is 7.89. The highest BCUT2D eigenvalue weighted by Crippen LogP contribution is 2.40. The van der Waals surface area contributed by atoms with Crippen LogP contribution in [0.5, 0.6) is 0 Å². The van der Waals surface area contributed by atoms with Crippen LogP contribution in [0, 0.1) is 5.92 Å². The fourth-order valence-electron chi connectivity index (χ4n) is 4.05. The zero-order valence-corrected chi connectivity index (χ0v) is 12.3. The summed E-state index contributed by atoms with van der Waals surface area (Å²) in [6, 6.07) is 2.35. The number of likely N-dealkylation sites (tertiary alicyclic amines) is 1. The van der Waals surface area contributed by atoms with Crippen molar-refractivity contribution in [2.45, 2.75) is 63.6 Å². The highest BCUT2D eigenvalue weighted by atomic mass is 16.3. The molecule has 0 bridgehead atoms. The Morgan fingerprint density at radius 3 is 2.80 bits per heavy atom. The van der Waals surface area contributed by atoms with Gasteiger partial charge in [-0.15, -0.1) is 0 Å². The molecule has 0 radical (unpaired) electrons. The summed E-state index contributed by atoms with van der Waals surface area (Å²) in [5, 5.41) is 10.7. The highest BCUT2D eigenvalue weighted by Gasteiger charge is 2.43. The van der Waals surface area contributed by atoms with Crippen molar-refractivity contribution >= 4 is 0 Å². The second kappa shape index (κ2) is 5.78. The molecule has 1 aliphatic heterocycles. The Morgan fingerprint density at radius 2 is 2.05 bits per heavy atom. The molecule has 0 aromatic carbocycles. The van der Waals surface area contributed by atoms with E-state index in [9.17, 15) is 5.11 Å². The molecule has 2 heterocycles. The lowest BCUT2D eigenvalue weighted by Crippen LogP contribution is -2.48. The molecule has 1 saturated carbocycles. The van der Waals surface area contributed by atoms with Gasteiger partial charge in [0, 0.05) is 24.4 Å². The van der Waals surface area contributed by atoms with Gasteiger partial charge >= 0.3 is 0 Å². The van der Waals surface area contributed by atoms with Crippen molar-refractivity contribution in [1.82, 2.24) is 14.9 Å². The Balaban J connectivity index is 1.72. The molecule has 1 N–H and O–H groups in total. The minimum atomic E-state index is -0.497. The molecule has 3 atom stereocenters. The van der Waals surface area contributed by atoms with Crippen LogP contribution in [-0.2, 0) is 6.54 Å². The van der Waals surface area contributed by atoms with Gasteiger partial charge in [0.15, 0.2) is 0 Å². The lowest BCUT2D eigenvalue weighted by Gasteiger charge is -2.43. The van der Waals surface area contributed by atoms with Crippen molar-refractivity contribution in [2.75, 3.05) is 6.54 Å². The molecule has 3 rings (SSSR count). The van der Waals surface area contributed by atoms with Crippen LogP contribution in [-0.4, -0.2) is 38.2 Å². The zero-order chi connectivity index (χ0) is 14.0. The summed E-state index contributed by atoms with van der Waals surface area (Å²) in [4.78, 5) is 11.2. The summed E-state index contributed by atoms with van der Waals surface area (Å²) in [6.07, 6.45) is 10.6. The van der Waals surface area contributed by atoms with E-state index in [4.69, 9.17) is 0 Å². The van der Waals surface area contributed by atoms with E-state index in [0.717, 1.165) is 38.2 Å². The minimum Gasteiger partial charge on any atom is -0.390 e. The fourth-order valence-corrected chi connectivity index (χ4v) is 4.05. The maximum atomic E-state index is 10.7. The topological polar surface area (TPSA) is 49.2 Å². The van der Waals surface area contributed by atoms with Gasteiger partial charge in [-0.1, -0.05) is 12.8 Å². The Hall–Kier alpha value is -1.00. The number of aromatic nitrogens is 2. The standard InChI is InChI=1S/C16H25N3O/c1-16(20)8-3-2-6-13(16)14-7-4-11-19(14)12-15-17-9-5-10-18-15/h5,9-10,13-14,20H,2-4,6-8,11-12H2,1H3/t13-,14-,16-/m0/s1. The van der Waals surface area contributed by atoms with E-state index in [0.29, 0.717) is 12.0 Å². The Labute approximate surface area is 121 Å². The summed E-state index contributed by atoms with van der Waals surface area (Å²) in [6.45, 7) is 3.96. The molecule has 4 nitrogen and oxygen atoms in total. The maximum Gasteiger partial charge on any atom is 0.142 e. The van der Waals surface area contributed by atoms with Crippen LogP contribution in [0.1, 0.15) is 51.3 Å². The van der Waals surface area contributed by atoms with Crippen LogP contribution in [0.25, 0.3) is 0 Å². The summed E-state index contributed by atoms with van der Waals surface area (Å²) in [5.41, 5.74) is -0.497. The van der Waals surface area contributed by atoms with Gasteiger partial charge in [0.2, 0.25) is 0 Å². The van der Waals surface area contributed by atoms with E-state index < -0.39 is 5.60 Å². The molecule has 0 amide bonds. The second-order valence-electron chi connectivity index (χ2n) is 6.55. The van der Waals surface area contributed by atoms with Gasteiger partial charge in [-0.3, -0.25) is 4.90 Å². The Kier molecular flexibility index (Phi) is 4.03. The summed E-state index contributed by atoms with van der Waals surface area (Å²) >= 11 is 0. The highest BCUT2D eigenvalue weighted by molar-refractivity contribution is 4.98. The molecule has 2 aliphatic rings. The third-order valence-corrected chi connectivity index (χ3v) is 5.09. The smallest absolute Gasteiger partial charge is 0.142 e. The first-order valence-electron chi connectivity index (χ1n) is 7.89. The van der Waals surface area contributed by atoms with Crippen molar-refractivity contribution in [2.24, 2.45) is 5.92 Å². The van der Waals surface area contributed by atoms with Crippen molar-refractivity contribution in [1.29, 1.82) is 0 Å². The third-order valence-electron chi connectivity index (χ3n) is 5.09. The SMILES string of the molecule is C[C@]1(O)CCCC[C@H]1[C@@H]1CCCN1Cc1ncccn1. The maximum absolute atomic E-state index is 10.7. The van der Waals surface area contributed by atoms with Crippen molar-refractivity contribution in [3.63, 3.8) is 0 Å². The number of hydrogen-bond acceptors (Lipinski definition) is 4. The molecule has 1 aromatic heterocycles. The number of hydrogen-bond donors (Lipinski definition) is 1. The van der Waals surface area contributed by atoms with Gasteiger partial charge in [-0.2, -0.15) is 0 Å². The molecule has 1 saturated heterocycles. The van der Waals surface area contributed by atoms with Gasteiger partial charge in [-0.05, 0) is 45.2 Å². The Bertz CT molecular complexity index is 435. The van der Waals surface area contributed by atoms with E-state index in [-0.39, 0.29) is 0 Å². The fraction of sp³-hybridized carbons (Fsp3) is 0.750. The van der Waals surface area contributed by atoms with Crippen LogP contribution in [0.4, 0.5) is 0 Å². The summed E-state index contributed by atoms with van der Waals surface area (Å²) < 4.78 is 0. The molecular formula is C16H25N3O. The molecule has 4 heteroatoms. The molecule has 0 unspecified atom stereocenters. The van der Waals surface area contributed by atoms with Gasteiger partial charge in [0.25, 0.3) is 0 Å². The van der Waals surface area contributed by atoms with E-state index in [2.05, 4.69) is 14.9 Å². The van der Waals surface area contributed by atoms with E-state index in [1.165, 1.54) is 19.3 Å². The van der Waals surface area contributed by atoms with Crippen LogP contribution in [0.3, 0.4) is 0 Å². The zero-order valence-electron chi connectivity index (χ0n) is 12.3. The molecule has 1 aliphatic carbocycles. The average molecular weight is 275 g/mol. The second-order valence-corrected chi connectivity index (χ2v) is 6.55. The lowest BCUT2D eigenvalue weighted by molar-refractivity contribution is -0.0631. The van der Waals surface area contributed by atoms with E-state index in [1.807, 2.05) is 25.4 Å². The third kappa shape index (κ3) is 2.86. The average Bonchev–Trinajstić information content (AvgIpc) is 2.87. The molecule has 1 aromatic rings. The van der Waals surface area contributed by atoms with Crippen LogP contribution < -0.4 is 0 Å². The molecule has 110 valence electrons. The van der Waals surface area contributed by atoms with E-state index in [1.54, 1.807) is 0 Å². The van der Waals surface area contributed by atoms with Gasteiger partial charge in [0.05, 0.1) is 12.1 Å². The van der Waals surface area contributed by atoms with Crippen molar-refractivity contribution in [3.05, 3.63) is 24.3 Å². The quantitative estimate of drug-likeness (QED) is 0.920. The van der Waals surface area contributed by atoms with Crippen LogP contribution >= 0.6 is 0 Å². The van der Waals surface area contributed by atoms with Crippen LogP contribution in [0.2, 0.25) is 0 Å². The number of rotatable bonds is 3. The lowest BCUT2D eigenvalue weighted by atomic mass is 9.72. The normalized spacial score (nSPS) is 35.3. The van der Waals surface area contributed by atoms with Crippen molar-refractivity contribution in [3.8, 4) is 0 Å². The molecule has 0 spiro atoms. The minimum absolute atomic E-state index is 0.405. The predicted octanol–water partition coefficient (Wildman–Crippen LogP) is 2.38. The first kappa shape index (κ1) is 14.0. The Morgan fingerprint density at radius 1 is 1.25 bits per heavy atom. The largest absolute Gasteiger partial charge is 0.390 e. The first-order chi connectivity index (χ1) is 9.67. The van der Waals surface area contributed by atoms with Gasteiger partial charge in [0.1, 0.15) is 5.82 Å². The van der Waals surface area contributed by atoms with Gasteiger partial charge < -0.3 is 5.11 Å². The summed E-state index contributed by atoms with van der Waals surface area (Å²) in [5.74, 6) is 1.30. The molecule has 2 fully saturated rings. The van der Waals surface area contributed by atoms with Crippen LogP contribution in [0.15, 0.2) is 18.5 Å². The number of aliphatic hydroxyl groups is 1. The monoisotopic (exact) mass is 275 g/mol. The van der Waals surface area contributed by atoms with Crippen molar-refractivity contribution < 1.29 is 5.11 Å². The van der Waals surface area contributed by atoms with Gasteiger partial charge in [-0.25, -0.2) is 9.97 Å². The number of nitrogens with zero attached hydrogens (tertiary/aromatic N) is 3. The van der Waals surface area contributed by atoms with E-state index >= 15 is 0 Å².